The lowest BCUT2D eigenvalue weighted by molar-refractivity contribution is -0.136. The van der Waals surface area contributed by atoms with Crippen molar-refractivity contribution in [3.05, 3.63) is 56.8 Å². The van der Waals surface area contributed by atoms with Crippen molar-refractivity contribution in [1.29, 1.82) is 0 Å². The summed E-state index contributed by atoms with van der Waals surface area (Å²) >= 11 is 3.49. The minimum Gasteiger partial charge on any atom is -0.456 e. The first-order valence-corrected chi connectivity index (χ1v) is 7.42. The highest BCUT2D eigenvalue weighted by molar-refractivity contribution is 9.10. The molecule has 4 rings (SSSR count). The van der Waals surface area contributed by atoms with Gasteiger partial charge in [0.1, 0.15) is 6.61 Å². The lowest BCUT2D eigenvalue weighted by Gasteiger charge is -2.24. The molecule has 1 aromatic carbocycles. The molecule has 0 radical (unpaired) electrons. The monoisotopic (exact) mass is 345 g/mol. The molecule has 0 unspecified atom stereocenters. The van der Waals surface area contributed by atoms with Crippen LogP contribution in [0.5, 0.6) is 0 Å². The Morgan fingerprint density at radius 2 is 2.29 bits per heavy atom. The number of rotatable bonds is 1. The van der Waals surface area contributed by atoms with E-state index >= 15 is 0 Å². The summed E-state index contributed by atoms with van der Waals surface area (Å²) in [6.07, 6.45) is 0. The van der Waals surface area contributed by atoms with Crippen molar-refractivity contribution in [2.75, 3.05) is 11.9 Å². The van der Waals surface area contributed by atoms with E-state index in [0.29, 0.717) is 5.57 Å². The van der Waals surface area contributed by atoms with E-state index in [-0.39, 0.29) is 18.5 Å². The Kier molecular flexibility index (Phi) is 2.68. The van der Waals surface area contributed by atoms with Gasteiger partial charge in [-0.2, -0.15) is 5.10 Å². The van der Waals surface area contributed by atoms with Gasteiger partial charge in [0.2, 0.25) is 0 Å². The fourth-order valence-corrected chi connectivity index (χ4v) is 3.42. The molecule has 0 bridgehead atoms. The number of carbonyl (C=O) groups is 1. The van der Waals surface area contributed by atoms with E-state index in [2.05, 4.69) is 31.4 Å². The molecule has 21 heavy (non-hydrogen) atoms. The number of ether oxygens (including phenoxy) is 1. The number of H-pyrrole nitrogens is 1. The number of fused-ring (bicyclic) bond motifs is 1. The predicted octanol–water partition coefficient (Wildman–Crippen LogP) is 2.85. The minimum atomic E-state index is -0.256. The lowest BCUT2D eigenvalue weighted by Crippen LogP contribution is -2.19. The summed E-state index contributed by atoms with van der Waals surface area (Å²) in [6.45, 7) is 2.24. The molecule has 106 valence electrons. The molecule has 2 aliphatic rings. The van der Waals surface area contributed by atoms with E-state index in [1.807, 2.05) is 31.2 Å². The predicted molar refractivity (Wildman–Crippen MR) is 80.9 cm³/mol. The number of cyclic esters (lactones) is 1. The van der Waals surface area contributed by atoms with Crippen molar-refractivity contribution in [3.63, 3.8) is 0 Å². The molecule has 0 aliphatic carbocycles. The van der Waals surface area contributed by atoms with Crippen LogP contribution in [0.15, 0.2) is 40.0 Å². The van der Waals surface area contributed by atoms with Gasteiger partial charge in [-0.1, -0.05) is 28.1 Å². The molecule has 5 nitrogen and oxygen atoms in total. The Morgan fingerprint density at radius 1 is 1.43 bits per heavy atom. The molecule has 2 aromatic rings. The fourth-order valence-electron chi connectivity index (χ4n) is 3.00. The topological polar surface area (TPSA) is 67.0 Å². The molecule has 1 aromatic heterocycles. The molecule has 0 saturated carbocycles. The standard InChI is InChI=1S/C15H12BrN3O2/c1-7-11-12(8-3-2-4-9(16)5-8)13-10(6-21-15(13)20)17-14(11)19-18-7/h2-5,12H,6H2,1H3,(H2,17,18,19)/t12-/m0/s1. The zero-order valence-corrected chi connectivity index (χ0v) is 12.8. The van der Waals surface area contributed by atoms with Gasteiger partial charge in [0.15, 0.2) is 5.82 Å². The van der Waals surface area contributed by atoms with Crippen LogP contribution in [0.25, 0.3) is 0 Å². The fraction of sp³-hybridized carbons (Fsp3) is 0.200. The SMILES string of the molecule is Cc1[nH]nc2c1[C@H](c1cccc(Br)c1)C1=C(COC1=O)N2. The van der Waals surface area contributed by atoms with Crippen molar-refractivity contribution in [1.82, 2.24) is 10.2 Å². The van der Waals surface area contributed by atoms with Gasteiger partial charge in [-0.25, -0.2) is 4.79 Å². The minimum absolute atomic E-state index is 0.150. The van der Waals surface area contributed by atoms with Crippen molar-refractivity contribution in [2.24, 2.45) is 0 Å². The van der Waals surface area contributed by atoms with E-state index in [0.717, 1.165) is 32.8 Å². The zero-order chi connectivity index (χ0) is 14.6. The molecule has 3 heterocycles. The van der Waals surface area contributed by atoms with Gasteiger partial charge in [0, 0.05) is 21.6 Å². The maximum Gasteiger partial charge on any atom is 0.337 e. The van der Waals surface area contributed by atoms with Gasteiger partial charge in [-0.3, -0.25) is 5.10 Å². The first-order chi connectivity index (χ1) is 10.1. The first kappa shape index (κ1) is 12.6. The van der Waals surface area contributed by atoms with Gasteiger partial charge in [-0.15, -0.1) is 0 Å². The molecular weight excluding hydrogens is 334 g/mol. The molecule has 0 spiro atoms. The number of nitrogens with zero attached hydrogens (tertiary/aromatic N) is 1. The Bertz CT molecular complexity index is 794. The summed E-state index contributed by atoms with van der Waals surface area (Å²) < 4.78 is 6.18. The molecule has 0 amide bonds. The molecule has 0 fully saturated rings. The van der Waals surface area contributed by atoms with E-state index in [4.69, 9.17) is 4.74 Å². The Balaban J connectivity index is 1.96. The van der Waals surface area contributed by atoms with E-state index < -0.39 is 0 Å². The molecule has 2 N–H and O–H groups in total. The number of halogens is 1. The van der Waals surface area contributed by atoms with Gasteiger partial charge >= 0.3 is 5.97 Å². The highest BCUT2D eigenvalue weighted by Crippen LogP contribution is 2.44. The number of anilines is 1. The maximum atomic E-state index is 12.2. The number of hydrogen-bond donors (Lipinski definition) is 2. The molecule has 0 saturated heterocycles. The maximum absolute atomic E-state index is 12.2. The summed E-state index contributed by atoms with van der Waals surface area (Å²) in [4.78, 5) is 12.2. The van der Waals surface area contributed by atoms with Gasteiger partial charge in [-0.05, 0) is 24.6 Å². The molecule has 2 aliphatic heterocycles. The van der Waals surface area contributed by atoms with Crippen LogP contribution < -0.4 is 5.32 Å². The second-order valence-electron chi connectivity index (χ2n) is 5.19. The number of aromatic nitrogens is 2. The van der Waals surface area contributed by atoms with E-state index in [1.54, 1.807) is 0 Å². The smallest absolute Gasteiger partial charge is 0.337 e. The number of hydrogen-bond acceptors (Lipinski definition) is 4. The number of aryl methyl sites for hydroxylation is 1. The number of nitrogens with one attached hydrogen (secondary N) is 2. The van der Waals surface area contributed by atoms with Crippen LogP contribution in [0.4, 0.5) is 5.82 Å². The van der Waals surface area contributed by atoms with Gasteiger partial charge < -0.3 is 10.1 Å². The second-order valence-corrected chi connectivity index (χ2v) is 6.11. The van der Waals surface area contributed by atoms with Crippen LogP contribution in [-0.4, -0.2) is 22.8 Å². The van der Waals surface area contributed by atoms with Crippen molar-refractivity contribution >= 4 is 27.7 Å². The quantitative estimate of drug-likeness (QED) is 0.780. The summed E-state index contributed by atoms with van der Waals surface area (Å²) in [5.41, 5.74) is 4.50. The van der Waals surface area contributed by atoms with Crippen molar-refractivity contribution in [2.45, 2.75) is 12.8 Å². The Morgan fingerprint density at radius 3 is 3.10 bits per heavy atom. The highest BCUT2D eigenvalue weighted by Gasteiger charge is 2.40. The van der Waals surface area contributed by atoms with Crippen molar-refractivity contribution in [3.8, 4) is 0 Å². The Hall–Kier alpha value is -2.08. The summed E-state index contributed by atoms with van der Waals surface area (Å²) in [6, 6.07) is 7.99. The summed E-state index contributed by atoms with van der Waals surface area (Å²) in [5, 5.41) is 10.5. The zero-order valence-electron chi connectivity index (χ0n) is 11.2. The largest absolute Gasteiger partial charge is 0.456 e. The lowest BCUT2D eigenvalue weighted by atomic mass is 9.82. The van der Waals surface area contributed by atoms with Gasteiger partial charge in [0.05, 0.1) is 11.3 Å². The first-order valence-electron chi connectivity index (χ1n) is 6.62. The number of benzene rings is 1. The number of esters is 1. The van der Waals surface area contributed by atoms with E-state index in [1.165, 1.54) is 0 Å². The molecule has 6 heteroatoms. The van der Waals surface area contributed by atoms with Crippen LogP contribution in [0, 0.1) is 6.92 Å². The second kappa shape index (κ2) is 4.46. The molecular formula is C15H12BrN3O2. The van der Waals surface area contributed by atoms with Crippen LogP contribution in [-0.2, 0) is 9.53 Å². The van der Waals surface area contributed by atoms with Gasteiger partial charge in [0.25, 0.3) is 0 Å². The number of carbonyl (C=O) groups excluding carboxylic acids is 1. The van der Waals surface area contributed by atoms with Crippen LogP contribution in [0.1, 0.15) is 22.7 Å². The highest BCUT2D eigenvalue weighted by atomic mass is 79.9. The van der Waals surface area contributed by atoms with Crippen LogP contribution in [0.3, 0.4) is 0 Å². The third kappa shape index (κ3) is 1.82. The van der Waals surface area contributed by atoms with Crippen LogP contribution in [0.2, 0.25) is 0 Å². The third-order valence-corrected chi connectivity index (χ3v) is 4.41. The van der Waals surface area contributed by atoms with Crippen molar-refractivity contribution < 1.29 is 9.53 Å². The normalized spacial score (nSPS) is 19.9. The summed E-state index contributed by atoms with van der Waals surface area (Å²) in [7, 11) is 0. The Labute approximate surface area is 129 Å². The van der Waals surface area contributed by atoms with E-state index in [9.17, 15) is 4.79 Å². The average molecular weight is 346 g/mol. The average Bonchev–Trinajstić information content (AvgIpc) is 3.02. The molecule has 1 atom stereocenters. The van der Waals surface area contributed by atoms with Crippen LogP contribution >= 0.6 is 15.9 Å². The number of aromatic amines is 1. The summed E-state index contributed by atoms with van der Waals surface area (Å²) in [5.74, 6) is 0.366. The third-order valence-electron chi connectivity index (χ3n) is 3.92.